The molecule has 8 nitrogen and oxygen atoms in total. The molecule has 31 heavy (non-hydrogen) atoms. The van der Waals surface area contributed by atoms with Crippen molar-refractivity contribution < 1.29 is 23.7 Å². The molecule has 166 valence electrons. The van der Waals surface area contributed by atoms with Gasteiger partial charge in [0, 0.05) is 5.56 Å². The second kappa shape index (κ2) is 9.45. The Morgan fingerprint density at radius 1 is 1.10 bits per heavy atom. The van der Waals surface area contributed by atoms with Crippen molar-refractivity contribution in [3.05, 3.63) is 44.6 Å². The van der Waals surface area contributed by atoms with E-state index in [9.17, 15) is 9.59 Å². The minimum absolute atomic E-state index is 0.170. The first-order valence-corrected chi connectivity index (χ1v) is 10.0. The van der Waals surface area contributed by atoms with E-state index in [1.54, 1.807) is 12.1 Å². The predicted octanol–water partition coefficient (Wildman–Crippen LogP) is 2.46. The minimum atomic E-state index is -0.471. The highest BCUT2D eigenvalue weighted by atomic mass is 35.5. The largest absolute Gasteiger partial charge is 0.493 e. The molecule has 0 aliphatic heterocycles. The van der Waals surface area contributed by atoms with Gasteiger partial charge in [0.2, 0.25) is 17.1 Å². The zero-order chi connectivity index (χ0) is 22.7. The van der Waals surface area contributed by atoms with E-state index >= 15 is 0 Å². The van der Waals surface area contributed by atoms with Gasteiger partial charge in [-0.05, 0) is 41.7 Å². The molecule has 9 heteroatoms. The zero-order valence-electron chi connectivity index (χ0n) is 17.8. The van der Waals surface area contributed by atoms with E-state index < -0.39 is 6.04 Å². The van der Waals surface area contributed by atoms with Crippen LogP contribution in [0.2, 0.25) is 5.02 Å². The molecular weight excluding hydrogens is 424 g/mol. The molecule has 3 N–H and O–H groups in total. The van der Waals surface area contributed by atoms with E-state index in [1.807, 2.05) is 0 Å². The normalized spacial score (nSPS) is 14.6. The van der Waals surface area contributed by atoms with E-state index in [0.29, 0.717) is 51.8 Å². The third kappa shape index (κ3) is 4.00. The molecule has 2 aromatic rings. The fraction of sp³-hybridized carbons (Fsp3) is 0.364. The van der Waals surface area contributed by atoms with Crippen LogP contribution in [0.1, 0.15) is 23.6 Å². The fourth-order valence-corrected chi connectivity index (χ4v) is 4.29. The van der Waals surface area contributed by atoms with Crippen LogP contribution in [0.25, 0.3) is 11.1 Å². The summed E-state index contributed by atoms with van der Waals surface area (Å²) in [5.41, 5.74) is 7.90. The van der Waals surface area contributed by atoms with Crippen LogP contribution in [0.15, 0.2) is 23.0 Å². The van der Waals surface area contributed by atoms with Crippen molar-refractivity contribution in [2.75, 3.05) is 35.0 Å². The summed E-state index contributed by atoms with van der Waals surface area (Å²) in [6, 6.07) is 4.34. The number of benzene rings is 1. The van der Waals surface area contributed by atoms with E-state index in [0.717, 1.165) is 5.56 Å². The molecule has 1 aliphatic carbocycles. The van der Waals surface area contributed by atoms with E-state index in [1.165, 1.54) is 34.5 Å². The lowest BCUT2D eigenvalue weighted by molar-refractivity contribution is -0.120. The Morgan fingerprint density at radius 3 is 2.35 bits per heavy atom. The molecular formula is C22H25ClN2O6. The number of rotatable bonds is 6. The SMILES string of the molecule is COc1c(Cl)c2c(c(OC)c1OC)-c1ccc(OC)c(=O)cc1[C@@H](NC(=O)CN)CC2. The molecule has 0 heterocycles. The number of carbonyl (C=O) groups excluding carboxylic acids is 1. The van der Waals surface area contributed by atoms with Crippen molar-refractivity contribution in [1.82, 2.24) is 5.32 Å². The maximum absolute atomic E-state index is 12.7. The van der Waals surface area contributed by atoms with Crippen molar-refractivity contribution in [3.8, 4) is 34.1 Å². The Morgan fingerprint density at radius 2 is 1.77 bits per heavy atom. The standard InChI is InChI=1S/C22H25ClN2O6/c1-28-16-8-6-11-13(9-15(16)26)14(25-17(27)10-24)7-5-12-18(11)20(29-2)22(31-4)21(30-3)19(12)23/h6,8-9,14H,5,7,10,24H2,1-4H3,(H,25,27)/t14-/m0/s1. The number of ether oxygens (including phenoxy) is 4. The summed E-state index contributed by atoms with van der Waals surface area (Å²) >= 11 is 6.73. The highest BCUT2D eigenvalue weighted by Crippen LogP contribution is 2.54. The van der Waals surface area contributed by atoms with Gasteiger partial charge in [-0.15, -0.1) is 0 Å². The molecule has 0 radical (unpaired) electrons. The average Bonchev–Trinajstić information content (AvgIpc) is 3.02. The minimum Gasteiger partial charge on any atom is -0.493 e. The number of fused-ring (bicyclic) bond motifs is 3. The Kier molecular flexibility index (Phi) is 6.92. The van der Waals surface area contributed by atoms with Gasteiger partial charge in [0.1, 0.15) is 0 Å². The van der Waals surface area contributed by atoms with Gasteiger partial charge >= 0.3 is 0 Å². The van der Waals surface area contributed by atoms with Gasteiger partial charge in [0.15, 0.2) is 17.2 Å². The molecule has 0 bridgehead atoms. The van der Waals surface area contributed by atoms with Crippen molar-refractivity contribution in [3.63, 3.8) is 0 Å². The molecule has 0 unspecified atom stereocenters. The molecule has 2 aromatic carbocycles. The fourth-order valence-electron chi connectivity index (χ4n) is 3.94. The van der Waals surface area contributed by atoms with Gasteiger partial charge in [-0.25, -0.2) is 0 Å². The summed E-state index contributed by atoms with van der Waals surface area (Å²) in [5, 5.41) is 3.28. The van der Waals surface area contributed by atoms with Gasteiger partial charge in [0.05, 0.1) is 46.0 Å². The Bertz CT molecular complexity index is 1070. The summed E-state index contributed by atoms with van der Waals surface area (Å²) in [6.07, 6.45) is 0.972. The van der Waals surface area contributed by atoms with Gasteiger partial charge < -0.3 is 30.0 Å². The van der Waals surface area contributed by atoms with Gasteiger partial charge in [-0.3, -0.25) is 9.59 Å². The highest BCUT2D eigenvalue weighted by molar-refractivity contribution is 6.34. The molecule has 1 aliphatic rings. The number of nitrogens with two attached hydrogens (primary N) is 1. The van der Waals surface area contributed by atoms with E-state index in [-0.39, 0.29) is 23.6 Å². The van der Waals surface area contributed by atoms with Crippen LogP contribution in [0.3, 0.4) is 0 Å². The summed E-state index contributed by atoms with van der Waals surface area (Å²) in [4.78, 5) is 24.9. The molecule has 1 amide bonds. The summed E-state index contributed by atoms with van der Waals surface area (Å²) in [5.74, 6) is 0.951. The molecule has 0 aromatic heterocycles. The Labute approximate surface area is 185 Å². The quantitative estimate of drug-likeness (QED) is 0.698. The molecule has 3 rings (SSSR count). The topological polar surface area (TPSA) is 109 Å². The number of hydrogen-bond acceptors (Lipinski definition) is 7. The third-order valence-electron chi connectivity index (χ3n) is 5.33. The van der Waals surface area contributed by atoms with Crippen molar-refractivity contribution in [1.29, 1.82) is 0 Å². The zero-order valence-corrected chi connectivity index (χ0v) is 18.6. The van der Waals surface area contributed by atoms with Gasteiger partial charge in [0.25, 0.3) is 0 Å². The van der Waals surface area contributed by atoms with E-state index in [4.69, 9.17) is 36.3 Å². The number of hydrogen-bond donors (Lipinski definition) is 2. The lowest BCUT2D eigenvalue weighted by Gasteiger charge is -2.21. The number of carbonyl (C=O) groups is 1. The van der Waals surface area contributed by atoms with Crippen LogP contribution in [-0.2, 0) is 11.2 Å². The highest BCUT2D eigenvalue weighted by Gasteiger charge is 2.32. The lowest BCUT2D eigenvalue weighted by atomic mass is 9.95. The number of amides is 1. The van der Waals surface area contributed by atoms with Crippen molar-refractivity contribution in [2.24, 2.45) is 5.73 Å². The van der Waals surface area contributed by atoms with Gasteiger partial charge in [-0.1, -0.05) is 17.7 Å². The maximum Gasteiger partial charge on any atom is 0.234 e. The van der Waals surface area contributed by atoms with Crippen LogP contribution in [0.4, 0.5) is 0 Å². The second-order valence-electron chi connectivity index (χ2n) is 6.91. The first-order valence-electron chi connectivity index (χ1n) is 9.64. The first-order chi connectivity index (χ1) is 14.9. The summed E-state index contributed by atoms with van der Waals surface area (Å²) in [6.45, 7) is -0.170. The molecule has 0 saturated heterocycles. The van der Waals surface area contributed by atoms with Crippen LogP contribution >= 0.6 is 11.6 Å². The molecule has 1 atom stereocenters. The number of nitrogens with one attached hydrogen (secondary N) is 1. The van der Waals surface area contributed by atoms with Crippen LogP contribution < -0.4 is 35.4 Å². The van der Waals surface area contributed by atoms with E-state index in [2.05, 4.69) is 5.32 Å². The maximum atomic E-state index is 12.7. The Balaban J connectivity index is 2.44. The molecule has 0 fully saturated rings. The van der Waals surface area contributed by atoms with Crippen molar-refractivity contribution in [2.45, 2.75) is 18.9 Å². The van der Waals surface area contributed by atoms with Crippen LogP contribution in [0, 0.1) is 0 Å². The monoisotopic (exact) mass is 448 g/mol. The molecule has 0 spiro atoms. The number of methoxy groups -OCH3 is 4. The van der Waals surface area contributed by atoms with Crippen LogP contribution in [0.5, 0.6) is 23.0 Å². The molecule has 0 saturated carbocycles. The smallest absolute Gasteiger partial charge is 0.234 e. The van der Waals surface area contributed by atoms with Gasteiger partial charge in [-0.2, -0.15) is 0 Å². The van der Waals surface area contributed by atoms with Crippen molar-refractivity contribution >= 4 is 17.5 Å². The second-order valence-corrected chi connectivity index (χ2v) is 7.29. The first kappa shape index (κ1) is 22.7. The predicted molar refractivity (Wildman–Crippen MR) is 118 cm³/mol. The average molecular weight is 449 g/mol. The number of halogens is 1. The lowest BCUT2D eigenvalue weighted by Crippen LogP contribution is -2.34. The summed E-state index contributed by atoms with van der Waals surface area (Å²) in [7, 11) is 5.94. The van der Waals surface area contributed by atoms with Crippen LogP contribution in [-0.4, -0.2) is 40.9 Å². The Hall–Kier alpha value is -2.97. The third-order valence-corrected chi connectivity index (χ3v) is 5.73. The summed E-state index contributed by atoms with van der Waals surface area (Å²) < 4.78 is 22.0.